The summed E-state index contributed by atoms with van der Waals surface area (Å²) in [6.45, 7) is 0.238. The molecule has 1 aliphatic carbocycles. The fourth-order valence-electron chi connectivity index (χ4n) is 2.65. The number of rotatable bonds is 6. The lowest BCUT2D eigenvalue weighted by Crippen LogP contribution is -2.54. The van der Waals surface area contributed by atoms with E-state index in [0.717, 1.165) is 19.3 Å². The molecule has 0 aromatic carbocycles. The van der Waals surface area contributed by atoms with E-state index in [-0.39, 0.29) is 31.4 Å². The Bertz CT molecular complexity index is 391. The van der Waals surface area contributed by atoms with Gasteiger partial charge in [-0.1, -0.05) is 19.3 Å². The van der Waals surface area contributed by atoms with Gasteiger partial charge in [0.05, 0.1) is 25.5 Å². The summed E-state index contributed by atoms with van der Waals surface area (Å²) in [7, 11) is 2.88. The molecule has 0 unspecified atom stereocenters. The molecule has 0 aliphatic heterocycles. The molecular weight excluding hydrogens is 276 g/mol. The van der Waals surface area contributed by atoms with Gasteiger partial charge in [-0.15, -0.1) is 0 Å². The van der Waals surface area contributed by atoms with Crippen molar-refractivity contribution in [3.63, 3.8) is 0 Å². The maximum Gasteiger partial charge on any atom is 0.317 e. The lowest BCUT2D eigenvalue weighted by atomic mass is 9.79. The number of hydrogen-bond donors (Lipinski definition) is 2. The van der Waals surface area contributed by atoms with Crippen LogP contribution in [0.25, 0.3) is 0 Å². The average Bonchev–Trinajstić information content (AvgIpc) is 2.44. The second-order valence-electron chi connectivity index (χ2n) is 5.59. The zero-order valence-electron chi connectivity index (χ0n) is 12.7. The Morgan fingerprint density at radius 1 is 1.24 bits per heavy atom. The van der Waals surface area contributed by atoms with Crippen molar-refractivity contribution in [1.82, 2.24) is 10.2 Å². The van der Waals surface area contributed by atoms with E-state index in [2.05, 4.69) is 10.1 Å². The maximum atomic E-state index is 12.2. The van der Waals surface area contributed by atoms with Crippen LogP contribution in [0.3, 0.4) is 0 Å². The quantitative estimate of drug-likeness (QED) is 0.722. The number of carboxylic acid groups (broad SMARTS) is 1. The van der Waals surface area contributed by atoms with Crippen LogP contribution in [-0.4, -0.2) is 54.2 Å². The first-order valence-corrected chi connectivity index (χ1v) is 7.20. The molecule has 0 aromatic rings. The normalized spacial score (nSPS) is 16.9. The predicted molar refractivity (Wildman–Crippen MR) is 75.9 cm³/mol. The Morgan fingerprint density at radius 3 is 2.38 bits per heavy atom. The molecule has 7 heteroatoms. The lowest BCUT2D eigenvalue weighted by Gasteiger charge is -2.38. The third-order valence-electron chi connectivity index (χ3n) is 3.90. The summed E-state index contributed by atoms with van der Waals surface area (Å²) in [5, 5.41) is 11.9. The number of urea groups is 1. The SMILES string of the molecule is COC(=O)CCN(C)C(=O)NC1(CC(=O)O)CCCCC1. The van der Waals surface area contributed by atoms with E-state index in [1.807, 2.05) is 0 Å². The molecule has 0 spiro atoms. The van der Waals surface area contributed by atoms with Crippen LogP contribution >= 0.6 is 0 Å². The molecular formula is C14H24N2O5. The molecule has 0 heterocycles. The fraction of sp³-hybridized carbons (Fsp3) is 0.786. The number of methoxy groups -OCH3 is 1. The van der Waals surface area contributed by atoms with Crippen molar-refractivity contribution < 1.29 is 24.2 Å². The molecule has 21 heavy (non-hydrogen) atoms. The second-order valence-corrected chi connectivity index (χ2v) is 5.59. The summed E-state index contributed by atoms with van der Waals surface area (Å²) in [4.78, 5) is 35.7. The average molecular weight is 300 g/mol. The Hall–Kier alpha value is -1.79. The van der Waals surface area contributed by atoms with Crippen molar-refractivity contribution in [3.8, 4) is 0 Å². The molecule has 7 nitrogen and oxygen atoms in total. The number of ether oxygens (including phenoxy) is 1. The lowest BCUT2D eigenvalue weighted by molar-refractivity contribution is -0.141. The van der Waals surface area contributed by atoms with Crippen LogP contribution in [0.1, 0.15) is 44.9 Å². The van der Waals surface area contributed by atoms with Gasteiger partial charge < -0.3 is 20.1 Å². The summed E-state index contributed by atoms with van der Waals surface area (Å²) in [5.41, 5.74) is -0.666. The molecule has 0 radical (unpaired) electrons. The van der Waals surface area contributed by atoms with Gasteiger partial charge in [0.25, 0.3) is 0 Å². The number of hydrogen-bond acceptors (Lipinski definition) is 4. The first kappa shape index (κ1) is 17.3. The highest BCUT2D eigenvalue weighted by molar-refractivity contribution is 5.77. The minimum atomic E-state index is -0.908. The van der Waals surface area contributed by atoms with E-state index in [1.165, 1.54) is 12.0 Å². The van der Waals surface area contributed by atoms with E-state index in [4.69, 9.17) is 5.11 Å². The number of esters is 1. The monoisotopic (exact) mass is 300 g/mol. The minimum Gasteiger partial charge on any atom is -0.481 e. The van der Waals surface area contributed by atoms with Gasteiger partial charge in [-0.05, 0) is 12.8 Å². The summed E-state index contributed by atoms with van der Waals surface area (Å²) in [5.74, 6) is -1.29. The van der Waals surface area contributed by atoms with E-state index < -0.39 is 11.5 Å². The fourth-order valence-corrected chi connectivity index (χ4v) is 2.65. The molecule has 1 rings (SSSR count). The van der Waals surface area contributed by atoms with Crippen LogP contribution in [0.4, 0.5) is 4.79 Å². The molecule has 0 bridgehead atoms. The van der Waals surface area contributed by atoms with Crippen molar-refractivity contribution in [2.75, 3.05) is 20.7 Å². The van der Waals surface area contributed by atoms with Gasteiger partial charge in [0.1, 0.15) is 0 Å². The predicted octanol–water partition coefficient (Wildman–Crippen LogP) is 1.37. The van der Waals surface area contributed by atoms with Gasteiger partial charge in [-0.2, -0.15) is 0 Å². The van der Waals surface area contributed by atoms with E-state index >= 15 is 0 Å². The highest BCUT2D eigenvalue weighted by Crippen LogP contribution is 2.31. The number of carbonyl (C=O) groups is 3. The van der Waals surface area contributed by atoms with Crippen molar-refractivity contribution in [2.45, 2.75) is 50.5 Å². The van der Waals surface area contributed by atoms with Crippen molar-refractivity contribution in [1.29, 1.82) is 0 Å². The first-order valence-electron chi connectivity index (χ1n) is 7.20. The van der Waals surface area contributed by atoms with E-state index in [1.54, 1.807) is 7.05 Å². The number of nitrogens with zero attached hydrogens (tertiary/aromatic N) is 1. The van der Waals surface area contributed by atoms with Crippen LogP contribution in [0.2, 0.25) is 0 Å². The van der Waals surface area contributed by atoms with Crippen LogP contribution in [0, 0.1) is 0 Å². The molecule has 1 fully saturated rings. The Labute approximate surface area is 124 Å². The minimum absolute atomic E-state index is 0.0659. The molecule has 1 aliphatic rings. The smallest absolute Gasteiger partial charge is 0.317 e. The first-order chi connectivity index (χ1) is 9.88. The van der Waals surface area contributed by atoms with Gasteiger partial charge in [-0.25, -0.2) is 4.79 Å². The molecule has 2 N–H and O–H groups in total. The topological polar surface area (TPSA) is 95.9 Å². The Morgan fingerprint density at radius 2 is 1.86 bits per heavy atom. The number of carbonyl (C=O) groups excluding carboxylic acids is 2. The van der Waals surface area contributed by atoms with Crippen LogP contribution in [0.5, 0.6) is 0 Å². The summed E-state index contributed by atoms with van der Waals surface area (Å²) in [6.07, 6.45) is 4.30. The zero-order chi connectivity index (χ0) is 15.9. The molecule has 120 valence electrons. The van der Waals surface area contributed by atoms with Crippen LogP contribution in [-0.2, 0) is 14.3 Å². The van der Waals surface area contributed by atoms with Crippen LogP contribution in [0.15, 0.2) is 0 Å². The Kier molecular flexibility index (Phi) is 6.45. The number of aliphatic carboxylic acids is 1. The van der Waals surface area contributed by atoms with Crippen LogP contribution < -0.4 is 5.32 Å². The zero-order valence-corrected chi connectivity index (χ0v) is 12.7. The van der Waals surface area contributed by atoms with E-state index in [0.29, 0.717) is 12.8 Å². The third kappa shape index (κ3) is 5.61. The molecule has 2 amide bonds. The van der Waals surface area contributed by atoms with Gasteiger partial charge >= 0.3 is 18.0 Å². The molecule has 0 aromatic heterocycles. The third-order valence-corrected chi connectivity index (χ3v) is 3.90. The number of nitrogens with one attached hydrogen (secondary N) is 1. The van der Waals surface area contributed by atoms with Gasteiger partial charge in [0, 0.05) is 13.6 Å². The highest BCUT2D eigenvalue weighted by atomic mass is 16.5. The van der Waals surface area contributed by atoms with Crippen molar-refractivity contribution in [3.05, 3.63) is 0 Å². The summed E-state index contributed by atoms with van der Waals surface area (Å²) in [6, 6.07) is -0.345. The van der Waals surface area contributed by atoms with Gasteiger partial charge in [-0.3, -0.25) is 9.59 Å². The molecule has 0 atom stereocenters. The maximum absolute atomic E-state index is 12.2. The van der Waals surface area contributed by atoms with Gasteiger partial charge in [0.15, 0.2) is 0 Å². The van der Waals surface area contributed by atoms with E-state index in [9.17, 15) is 14.4 Å². The molecule has 0 saturated heterocycles. The second kappa shape index (κ2) is 7.85. The standard InChI is InChI=1S/C14H24N2O5/c1-16(9-6-12(19)21-2)13(20)15-14(10-11(17)18)7-4-3-5-8-14/h3-10H2,1-2H3,(H,15,20)(H,17,18). The Balaban J connectivity index is 2.58. The number of carboxylic acids is 1. The number of amides is 2. The summed E-state index contributed by atoms with van der Waals surface area (Å²) < 4.78 is 4.53. The largest absolute Gasteiger partial charge is 0.481 e. The highest BCUT2D eigenvalue weighted by Gasteiger charge is 2.36. The molecule has 1 saturated carbocycles. The van der Waals surface area contributed by atoms with Crippen molar-refractivity contribution >= 4 is 18.0 Å². The van der Waals surface area contributed by atoms with Crippen molar-refractivity contribution in [2.24, 2.45) is 0 Å². The van der Waals surface area contributed by atoms with Gasteiger partial charge in [0.2, 0.25) is 0 Å². The summed E-state index contributed by atoms with van der Waals surface area (Å²) >= 11 is 0.